The molecule has 0 saturated carbocycles. The van der Waals surface area contributed by atoms with Crippen molar-refractivity contribution < 1.29 is 0 Å². The van der Waals surface area contributed by atoms with Gasteiger partial charge in [0.25, 0.3) is 0 Å². The maximum atomic E-state index is 4.43. The summed E-state index contributed by atoms with van der Waals surface area (Å²) >= 11 is 1.80. The van der Waals surface area contributed by atoms with Crippen LogP contribution in [0.1, 0.15) is 30.7 Å². The summed E-state index contributed by atoms with van der Waals surface area (Å²) < 4.78 is 0. The van der Waals surface area contributed by atoms with Crippen LogP contribution in [-0.4, -0.2) is 55.6 Å². The van der Waals surface area contributed by atoms with Gasteiger partial charge < -0.3 is 15.5 Å². The number of likely N-dealkylation sites (N-methyl/N-ethyl adjacent to an activating group) is 1. The summed E-state index contributed by atoms with van der Waals surface area (Å²) in [6.07, 6.45) is 3.98. The van der Waals surface area contributed by atoms with Crippen LogP contribution in [0.2, 0.25) is 0 Å². The van der Waals surface area contributed by atoms with Gasteiger partial charge in [-0.2, -0.15) is 0 Å². The molecular weight excluding hydrogens is 282 g/mol. The van der Waals surface area contributed by atoms with Gasteiger partial charge in [-0.05, 0) is 34.4 Å². The molecule has 5 nitrogen and oxygen atoms in total. The molecule has 0 aliphatic heterocycles. The van der Waals surface area contributed by atoms with Crippen molar-refractivity contribution in [2.45, 2.75) is 39.2 Å². The minimum Gasteiger partial charge on any atom is -0.356 e. The lowest BCUT2D eigenvalue weighted by Gasteiger charge is -2.33. The minimum absolute atomic E-state index is 0.0863. The molecule has 21 heavy (non-hydrogen) atoms. The molecule has 1 heterocycles. The van der Waals surface area contributed by atoms with Crippen LogP contribution < -0.4 is 10.6 Å². The third kappa shape index (κ3) is 6.01. The molecule has 0 aliphatic carbocycles. The van der Waals surface area contributed by atoms with Crippen molar-refractivity contribution in [3.8, 4) is 0 Å². The first-order chi connectivity index (χ1) is 9.89. The van der Waals surface area contributed by atoms with E-state index in [1.165, 1.54) is 9.88 Å². The Balaban J connectivity index is 2.35. The second-order valence-electron chi connectivity index (χ2n) is 5.88. The van der Waals surface area contributed by atoms with Gasteiger partial charge >= 0.3 is 0 Å². The van der Waals surface area contributed by atoms with Gasteiger partial charge in [0.15, 0.2) is 5.96 Å². The summed E-state index contributed by atoms with van der Waals surface area (Å²) in [6.45, 7) is 8.26. The second-order valence-corrected chi connectivity index (χ2v) is 7.08. The first kappa shape index (κ1) is 17.9. The zero-order valence-electron chi connectivity index (χ0n) is 14.2. The van der Waals surface area contributed by atoms with E-state index in [-0.39, 0.29) is 5.54 Å². The number of nitrogens with one attached hydrogen (secondary N) is 2. The normalized spacial score (nSPS) is 12.8. The standard InChI is InChI=1S/C15H29N5S/c1-7-12-10-18-13(21-12)8-9-17-14(16-4)19-11-15(2,3)20(5)6/h10H,7-9,11H2,1-6H3,(H2,16,17,19). The third-order valence-electron chi connectivity index (χ3n) is 3.70. The second kappa shape index (κ2) is 8.34. The molecule has 0 bridgehead atoms. The highest BCUT2D eigenvalue weighted by Crippen LogP contribution is 2.13. The van der Waals surface area contributed by atoms with Crippen molar-refractivity contribution in [1.29, 1.82) is 0 Å². The lowest BCUT2D eigenvalue weighted by Crippen LogP contribution is -2.51. The smallest absolute Gasteiger partial charge is 0.191 e. The highest BCUT2D eigenvalue weighted by atomic mass is 32.1. The molecule has 0 unspecified atom stereocenters. The van der Waals surface area contributed by atoms with Crippen molar-refractivity contribution in [2.75, 3.05) is 34.2 Å². The molecule has 0 aliphatic rings. The predicted molar refractivity (Wildman–Crippen MR) is 92.3 cm³/mol. The zero-order valence-corrected chi connectivity index (χ0v) is 15.0. The predicted octanol–water partition coefficient (Wildman–Crippen LogP) is 1.75. The molecule has 0 fully saturated rings. The topological polar surface area (TPSA) is 52.6 Å². The number of nitrogens with zero attached hydrogens (tertiary/aromatic N) is 3. The molecule has 6 heteroatoms. The molecule has 0 saturated heterocycles. The first-order valence-electron chi connectivity index (χ1n) is 7.44. The Morgan fingerprint density at radius 2 is 2.10 bits per heavy atom. The van der Waals surface area contributed by atoms with E-state index < -0.39 is 0 Å². The molecular formula is C15H29N5S. The summed E-state index contributed by atoms with van der Waals surface area (Å²) in [7, 11) is 5.98. The first-order valence-corrected chi connectivity index (χ1v) is 8.26. The van der Waals surface area contributed by atoms with Crippen molar-refractivity contribution in [3.05, 3.63) is 16.1 Å². The molecule has 0 amide bonds. The Kier molecular flexibility index (Phi) is 7.11. The number of aryl methyl sites for hydroxylation is 1. The van der Waals surface area contributed by atoms with Gasteiger partial charge in [0.2, 0.25) is 0 Å². The fraction of sp³-hybridized carbons (Fsp3) is 0.733. The minimum atomic E-state index is 0.0863. The summed E-state index contributed by atoms with van der Waals surface area (Å²) in [5.41, 5.74) is 0.0863. The van der Waals surface area contributed by atoms with Gasteiger partial charge in [-0.3, -0.25) is 4.99 Å². The van der Waals surface area contributed by atoms with Crippen molar-refractivity contribution in [2.24, 2.45) is 4.99 Å². The van der Waals surface area contributed by atoms with E-state index in [9.17, 15) is 0 Å². The summed E-state index contributed by atoms with van der Waals surface area (Å²) in [5.74, 6) is 0.845. The van der Waals surface area contributed by atoms with E-state index in [4.69, 9.17) is 0 Å². The monoisotopic (exact) mass is 311 g/mol. The SMILES string of the molecule is CCc1cnc(CCNC(=NC)NCC(C)(C)N(C)C)s1. The number of hydrogen-bond acceptors (Lipinski definition) is 4. The highest BCUT2D eigenvalue weighted by Gasteiger charge is 2.20. The average molecular weight is 311 g/mol. The number of aliphatic imine (C=N–C) groups is 1. The molecule has 120 valence electrons. The Bertz CT molecular complexity index is 451. The molecule has 0 radical (unpaired) electrons. The van der Waals surface area contributed by atoms with Crippen LogP contribution in [0.3, 0.4) is 0 Å². The van der Waals surface area contributed by atoms with Crippen LogP contribution in [0.25, 0.3) is 0 Å². The van der Waals surface area contributed by atoms with Crippen LogP contribution >= 0.6 is 11.3 Å². The van der Waals surface area contributed by atoms with Crippen molar-refractivity contribution >= 4 is 17.3 Å². The third-order valence-corrected chi connectivity index (χ3v) is 4.91. The van der Waals surface area contributed by atoms with E-state index in [1.54, 1.807) is 18.4 Å². The molecule has 0 atom stereocenters. The quantitative estimate of drug-likeness (QED) is 0.595. The molecule has 1 aromatic rings. The van der Waals surface area contributed by atoms with Gasteiger partial charge in [-0.1, -0.05) is 6.92 Å². The van der Waals surface area contributed by atoms with Gasteiger partial charge in [-0.15, -0.1) is 11.3 Å². The Labute approximate surface area is 132 Å². The van der Waals surface area contributed by atoms with E-state index in [0.717, 1.165) is 31.9 Å². The molecule has 2 N–H and O–H groups in total. The van der Waals surface area contributed by atoms with Crippen molar-refractivity contribution in [1.82, 2.24) is 20.5 Å². The summed E-state index contributed by atoms with van der Waals surface area (Å²) in [5, 5.41) is 7.90. The lowest BCUT2D eigenvalue weighted by molar-refractivity contribution is 0.197. The number of rotatable bonds is 7. The lowest BCUT2D eigenvalue weighted by atomic mass is 10.0. The van der Waals surface area contributed by atoms with Crippen molar-refractivity contribution in [3.63, 3.8) is 0 Å². The van der Waals surface area contributed by atoms with Gasteiger partial charge in [0, 0.05) is 43.2 Å². The molecule has 1 rings (SSSR count). The average Bonchev–Trinajstić information content (AvgIpc) is 2.90. The van der Waals surface area contributed by atoms with E-state index in [2.05, 4.69) is 60.4 Å². The number of hydrogen-bond donors (Lipinski definition) is 2. The molecule has 0 aromatic carbocycles. The van der Waals surface area contributed by atoms with Crippen LogP contribution in [0.5, 0.6) is 0 Å². The fourth-order valence-corrected chi connectivity index (χ4v) is 2.46. The Hall–Kier alpha value is -1.14. The largest absolute Gasteiger partial charge is 0.356 e. The molecule has 0 spiro atoms. The number of thiazole rings is 1. The van der Waals surface area contributed by atoms with Gasteiger partial charge in [0.1, 0.15) is 0 Å². The van der Waals surface area contributed by atoms with Crippen LogP contribution in [0, 0.1) is 0 Å². The maximum Gasteiger partial charge on any atom is 0.191 e. The summed E-state index contributed by atoms with van der Waals surface area (Å²) in [6, 6.07) is 0. The van der Waals surface area contributed by atoms with Crippen LogP contribution in [-0.2, 0) is 12.8 Å². The number of aromatic nitrogens is 1. The Morgan fingerprint density at radius 3 is 2.62 bits per heavy atom. The van der Waals surface area contributed by atoms with Crippen LogP contribution in [0.4, 0.5) is 0 Å². The van der Waals surface area contributed by atoms with Crippen LogP contribution in [0.15, 0.2) is 11.2 Å². The molecule has 1 aromatic heterocycles. The van der Waals surface area contributed by atoms with E-state index in [0.29, 0.717) is 0 Å². The van der Waals surface area contributed by atoms with E-state index in [1.807, 2.05) is 6.20 Å². The van der Waals surface area contributed by atoms with E-state index >= 15 is 0 Å². The maximum absolute atomic E-state index is 4.43. The van der Waals surface area contributed by atoms with Gasteiger partial charge in [0.05, 0.1) is 5.01 Å². The summed E-state index contributed by atoms with van der Waals surface area (Å²) in [4.78, 5) is 12.2. The zero-order chi connectivity index (χ0) is 15.9. The fourth-order valence-electron chi connectivity index (χ4n) is 1.59. The highest BCUT2D eigenvalue weighted by molar-refractivity contribution is 7.11. The Morgan fingerprint density at radius 1 is 1.38 bits per heavy atom. The van der Waals surface area contributed by atoms with Gasteiger partial charge in [-0.25, -0.2) is 4.98 Å². The number of guanidine groups is 1.